The van der Waals surface area contributed by atoms with Crippen molar-refractivity contribution in [1.29, 1.82) is 0 Å². The molecule has 0 radical (unpaired) electrons. The van der Waals surface area contributed by atoms with Gasteiger partial charge in [0.15, 0.2) is 0 Å². The number of nitrogens with zero attached hydrogens (tertiary/aromatic N) is 1. The first-order valence-corrected chi connectivity index (χ1v) is 9.04. The van der Waals surface area contributed by atoms with Gasteiger partial charge in [0.25, 0.3) is 0 Å². The number of para-hydroxylation sites is 1. The van der Waals surface area contributed by atoms with Crippen molar-refractivity contribution in [1.82, 2.24) is 0 Å². The van der Waals surface area contributed by atoms with Crippen molar-refractivity contribution >= 4 is 17.1 Å². The molecule has 3 nitrogen and oxygen atoms in total. The summed E-state index contributed by atoms with van der Waals surface area (Å²) in [5, 5.41) is 0. The number of methoxy groups -OCH3 is 1. The Morgan fingerprint density at radius 2 is 1.23 bits per heavy atom. The molecule has 0 unspecified atom stereocenters. The first kappa shape index (κ1) is 17.9. The summed E-state index contributed by atoms with van der Waals surface area (Å²) >= 11 is 0. The van der Waals surface area contributed by atoms with Crippen molar-refractivity contribution in [3.63, 3.8) is 0 Å². The minimum atomic E-state index is 0.761. The van der Waals surface area contributed by atoms with Crippen LogP contribution in [-0.2, 0) is 0 Å². The van der Waals surface area contributed by atoms with E-state index in [1.54, 1.807) is 7.11 Å². The van der Waals surface area contributed by atoms with Crippen LogP contribution in [0.25, 0.3) is 0 Å². The molecule has 3 heteroatoms. The van der Waals surface area contributed by atoms with E-state index in [0.717, 1.165) is 48.0 Å². The van der Waals surface area contributed by atoms with E-state index in [4.69, 9.17) is 9.47 Å². The largest absolute Gasteiger partial charge is 0.497 e. The third-order valence-electron chi connectivity index (χ3n) is 4.21. The van der Waals surface area contributed by atoms with E-state index in [-0.39, 0.29) is 0 Å². The van der Waals surface area contributed by atoms with Crippen LogP contribution in [0.4, 0.5) is 17.1 Å². The molecule has 0 saturated heterocycles. The fourth-order valence-corrected chi connectivity index (χ4v) is 2.78. The highest BCUT2D eigenvalue weighted by Gasteiger charge is 2.12. The number of anilines is 3. The van der Waals surface area contributed by atoms with Gasteiger partial charge in [-0.2, -0.15) is 0 Å². The normalized spacial score (nSPS) is 10.4. The molecular weight excluding hydrogens is 322 g/mol. The average molecular weight is 347 g/mol. The maximum Gasteiger partial charge on any atom is 0.119 e. The topological polar surface area (TPSA) is 21.7 Å². The number of benzene rings is 3. The van der Waals surface area contributed by atoms with Crippen molar-refractivity contribution in [2.45, 2.75) is 19.8 Å². The lowest BCUT2D eigenvalue weighted by molar-refractivity contribution is 0.309. The SMILES string of the molecule is CCCCOc1ccc(N(c2ccccc2)c2ccc(OC)cc2)cc1. The maximum absolute atomic E-state index is 5.79. The zero-order chi connectivity index (χ0) is 18.2. The molecule has 0 amide bonds. The third-order valence-corrected chi connectivity index (χ3v) is 4.21. The van der Waals surface area contributed by atoms with Crippen molar-refractivity contribution in [3.8, 4) is 11.5 Å². The van der Waals surface area contributed by atoms with Gasteiger partial charge in [-0.1, -0.05) is 31.5 Å². The molecular formula is C23H25NO2. The fraction of sp³-hybridized carbons (Fsp3) is 0.217. The minimum Gasteiger partial charge on any atom is -0.497 e. The fourth-order valence-electron chi connectivity index (χ4n) is 2.78. The zero-order valence-corrected chi connectivity index (χ0v) is 15.4. The Morgan fingerprint density at radius 1 is 0.692 bits per heavy atom. The average Bonchev–Trinajstić information content (AvgIpc) is 2.71. The quantitative estimate of drug-likeness (QED) is 0.444. The van der Waals surface area contributed by atoms with Gasteiger partial charge in [0.1, 0.15) is 11.5 Å². The summed E-state index contributed by atoms with van der Waals surface area (Å²) in [5.74, 6) is 1.76. The molecule has 0 saturated carbocycles. The lowest BCUT2D eigenvalue weighted by Gasteiger charge is -2.25. The predicted octanol–water partition coefficient (Wildman–Crippen LogP) is 6.34. The second-order valence-corrected chi connectivity index (χ2v) is 6.06. The van der Waals surface area contributed by atoms with E-state index < -0.39 is 0 Å². The van der Waals surface area contributed by atoms with E-state index in [0.29, 0.717) is 0 Å². The summed E-state index contributed by atoms with van der Waals surface area (Å²) in [6, 6.07) is 26.7. The Labute approximate surface area is 155 Å². The van der Waals surface area contributed by atoms with Crippen LogP contribution < -0.4 is 14.4 Å². The van der Waals surface area contributed by atoms with E-state index in [2.05, 4.69) is 48.2 Å². The molecule has 3 aromatic carbocycles. The van der Waals surface area contributed by atoms with Crippen molar-refractivity contribution in [3.05, 3.63) is 78.9 Å². The van der Waals surface area contributed by atoms with Crippen molar-refractivity contribution in [2.75, 3.05) is 18.6 Å². The van der Waals surface area contributed by atoms with Crippen LogP contribution in [-0.4, -0.2) is 13.7 Å². The molecule has 134 valence electrons. The molecule has 0 atom stereocenters. The molecule has 0 bridgehead atoms. The van der Waals surface area contributed by atoms with Gasteiger partial charge in [-0.3, -0.25) is 0 Å². The smallest absolute Gasteiger partial charge is 0.119 e. The molecule has 0 N–H and O–H groups in total. The molecule has 0 aliphatic carbocycles. The van der Waals surface area contributed by atoms with Gasteiger partial charge in [-0.25, -0.2) is 0 Å². The maximum atomic E-state index is 5.79. The number of hydrogen-bond donors (Lipinski definition) is 0. The molecule has 3 rings (SSSR count). The molecule has 3 aromatic rings. The number of rotatable bonds is 8. The van der Waals surface area contributed by atoms with Gasteiger partial charge in [0.2, 0.25) is 0 Å². The van der Waals surface area contributed by atoms with Crippen LogP contribution in [0.15, 0.2) is 78.9 Å². The lowest BCUT2D eigenvalue weighted by Crippen LogP contribution is -2.09. The summed E-state index contributed by atoms with van der Waals surface area (Å²) < 4.78 is 11.1. The zero-order valence-electron chi connectivity index (χ0n) is 15.4. The summed E-state index contributed by atoms with van der Waals surface area (Å²) in [6.45, 7) is 2.93. The van der Waals surface area contributed by atoms with Gasteiger partial charge < -0.3 is 14.4 Å². The monoisotopic (exact) mass is 347 g/mol. The van der Waals surface area contributed by atoms with Crippen molar-refractivity contribution < 1.29 is 9.47 Å². The van der Waals surface area contributed by atoms with Crippen LogP contribution in [0.5, 0.6) is 11.5 Å². The van der Waals surface area contributed by atoms with E-state index in [9.17, 15) is 0 Å². The van der Waals surface area contributed by atoms with Crippen LogP contribution in [0.2, 0.25) is 0 Å². The second kappa shape index (κ2) is 8.95. The molecule has 0 aromatic heterocycles. The Hall–Kier alpha value is -2.94. The highest BCUT2D eigenvalue weighted by molar-refractivity contribution is 5.76. The van der Waals surface area contributed by atoms with Crippen molar-refractivity contribution in [2.24, 2.45) is 0 Å². The van der Waals surface area contributed by atoms with Gasteiger partial charge in [0.05, 0.1) is 13.7 Å². The van der Waals surface area contributed by atoms with Crippen LogP contribution in [0.3, 0.4) is 0 Å². The van der Waals surface area contributed by atoms with Gasteiger partial charge in [-0.15, -0.1) is 0 Å². The van der Waals surface area contributed by atoms with Crippen LogP contribution >= 0.6 is 0 Å². The third kappa shape index (κ3) is 4.37. The Kier molecular flexibility index (Phi) is 6.15. The van der Waals surface area contributed by atoms with E-state index in [1.165, 1.54) is 0 Å². The lowest BCUT2D eigenvalue weighted by atomic mass is 10.2. The standard InChI is InChI=1S/C23H25NO2/c1-3-4-18-26-23-16-12-21(13-17-23)24(19-8-6-5-7-9-19)20-10-14-22(25-2)15-11-20/h5-17H,3-4,18H2,1-2H3. The second-order valence-electron chi connectivity index (χ2n) is 6.06. The molecule has 0 heterocycles. The highest BCUT2D eigenvalue weighted by atomic mass is 16.5. The van der Waals surface area contributed by atoms with Crippen LogP contribution in [0.1, 0.15) is 19.8 Å². The van der Waals surface area contributed by atoms with Gasteiger partial charge in [-0.05, 0) is 67.1 Å². The highest BCUT2D eigenvalue weighted by Crippen LogP contribution is 2.35. The Balaban J connectivity index is 1.90. The number of unbranched alkanes of at least 4 members (excludes halogenated alkanes) is 1. The Bertz CT molecular complexity index is 783. The molecule has 0 fully saturated rings. The summed E-state index contributed by atoms with van der Waals surface area (Å²) in [6.07, 6.45) is 2.21. The molecule has 0 spiro atoms. The van der Waals surface area contributed by atoms with Gasteiger partial charge >= 0.3 is 0 Å². The van der Waals surface area contributed by atoms with Crippen LogP contribution in [0, 0.1) is 0 Å². The Morgan fingerprint density at radius 3 is 1.77 bits per heavy atom. The summed E-state index contributed by atoms with van der Waals surface area (Å²) in [7, 11) is 1.68. The van der Waals surface area contributed by atoms with E-state index >= 15 is 0 Å². The minimum absolute atomic E-state index is 0.761. The number of hydrogen-bond acceptors (Lipinski definition) is 3. The molecule has 0 aliphatic rings. The molecule has 26 heavy (non-hydrogen) atoms. The summed E-state index contributed by atoms with van der Waals surface area (Å²) in [4.78, 5) is 2.22. The first-order valence-electron chi connectivity index (χ1n) is 9.04. The van der Waals surface area contributed by atoms with Gasteiger partial charge in [0, 0.05) is 17.1 Å². The summed E-state index contributed by atoms with van der Waals surface area (Å²) in [5.41, 5.74) is 3.28. The van der Waals surface area contributed by atoms with E-state index in [1.807, 2.05) is 42.5 Å². The predicted molar refractivity (Wildman–Crippen MR) is 108 cm³/mol. The molecule has 0 aliphatic heterocycles. The number of ether oxygens (including phenoxy) is 2. The first-order chi connectivity index (χ1) is 12.8.